The maximum absolute atomic E-state index is 5.25. The van der Waals surface area contributed by atoms with Gasteiger partial charge in [-0.1, -0.05) is 166 Å². The van der Waals surface area contributed by atoms with Crippen molar-refractivity contribution >= 4 is 17.1 Å². The van der Waals surface area contributed by atoms with E-state index in [1.807, 2.05) is 6.07 Å². The van der Waals surface area contributed by atoms with Gasteiger partial charge in [-0.15, -0.1) is 10.2 Å². The predicted octanol–water partition coefficient (Wildman–Crippen LogP) is 12.3. The van der Waals surface area contributed by atoms with Gasteiger partial charge in [0.2, 0.25) is 0 Å². The van der Waals surface area contributed by atoms with Crippen LogP contribution < -0.4 is 4.90 Å². The molecular formula is C50H38N4. The van der Waals surface area contributed by atoms with Crippen LogP contribution in [0.2, 0.25) is 0 Å². The normalized spacial score (nSPS) is 13.6. The van der Waals surface area contributed by atoms with E-state index in [-0.39, 0.29) is 5.41 Å². The molecule has 10 rings (SSSR count). The van der Waals surface area contributed by atoms with Gasteiger partial charge in [-0.3, -0.25) is 0 Å². The predicted molar refractivity (Wildman–Crippen MR) is 220 cm³/mol. The molecular weight excluding hydrogens is 657 g/mol. The molecule has 0 atom stereocenters. The molecule has 1 aliphatic heterocycles. The van der Waals surface area contributed by atoms with Crippen LogP contribution in [0.5, 0.6) is 0 Å². The molecule has 0 fully saturated rings. The van der Waals surface area contributed by atoms with Gasteiger partial charge in [0.1, 0.15) is 11.4 Å². The lowest BCUT2D eigenvalue weighted by Gasteiger charge is -2.45. The van der Waals surface area contributed by atoms with Crippen molar-refractivity contribution in [2.45, 2.75) is 31.6 Å². The lowest BCUT2D eigenvalue weighted by molar-refractivity contribution is 0.590. The number of para-hydroxylation sites is 3. The van der Waals surface area contributed by atoms with Crippen molar-refractivity contribution in [2.75, 3.05) is 4.90 Å². The number of rotatable bonds is 4. The summed E-state index contributed by atoms with van der Waals surface area (Å²) in [7, 11) is 0. The van der Waals surface area contributed by atoms with E-state index in [0.29, 0.717) is 5.82 Å². The van der Waals surface area contributed by atoms with Crippen LogP contribution in [0.15, 0.2) is 176 Å². The second kappa shape index (κ2) is 12.2. The van der Waals surface area contributed by atoms with Crippen LogP contribution in [-0.4, -0.2) is 15.2 Å². The molecule has 4 heteroatoms. The van der Waals surface area contributed by atoms with Crippen LogP contribution in [0.3, 0.4) is 0 Å². The minimum Gasteiger partial charge on any atom is -0.310 e. The van der Waals surface area contributed by atoms with Crippen LogP contribution >= 0.6 is 0 Å². The van der Waals surface area contributed by atoms with Crippen molar-refractivity contribution < 1.29 is 0 Å². The Morgan fingerprint density at radius 2 is 1.00 bits per heavy atom. The summed E-state index contributed by atoms with van der Waals surface area (Å²) in [5, 5.41) is 9.79. The Kier molecular flexibility index (Phi) is 7.24. The van der Waals surface area contributed by atoms with Crippen LogP contribution in [0, 0.1) is 0 Å². The smallest absolute Gasteiger partial charge is 0.182 e. The first-order valence-electron chi connectivity index (χ1n) is 18.6. The zero-order chi connectivity index (χ0) is 36.4. The maximum atomic E-state index is 5.25. The average molecular weight is 695 g/mol. The third kappa shape index (κ3) is 4.80. The third-order valence-corrected chi connectivity index (χ3v) is 11.2. The molecule has 2 heterocycles. The second-order valence-electron chi connectivity index (χ2n) is 15.3. The summed E-state index contributed by atoms with van der Waals surface area (Å²) >= 11 is 0. The molecule has 1 aliphatic carbocycles. The highest BCUT2D eigenvalue weighted by Gasteiger charge is 2.51. The van der Waals surface area contributed by atoms with Gasteiger partial charge >= 0.3 is 0 Å². The molecule has 4 nitrogen and oxygen atoms in total. The number of aromatic nitrogens is 3. The quantitative estimate of drug-likeness (QED) is 0.184. The summed E-state index contributed by atoms with van der Waals surface area (Å²) in [4.78, 5) is 7.67. The van der Waals surface area contributed by atoms with Gasteiger partial charge in [0.25, 0.3) is 0 Å². The van der Waals surface area contributed by atoms with E-state index in [9.17, 15) is 0 Å². The van der Waals surface area contributed by atoms with Crippen molar-refractivity contribution in [3.05, 3.63) is 204 Å². The Hall–Kier alpha value is -6.65. The van der Waals surface area contributed by atoms with E-state index in [0.717, 1.165) is 33.8 Å². The van der Waals surface area contributed by atoms with Crippen molar-refractivity contribution in [3.63, 3.8) is 0 Å². The van der Waals surface area contributed by atoms with Crippen LogP contribution in [0.1, 0.15) is 48.6 Å². The van der Waals surface area contributed by atoms with E-state index < -0.39 is 5.41 Å². The van der Waals surface area contributed by atoms with Crippen LogP contribution in [0.25, 0.3) is 45.0 Å². The van der Waals surface area contributed by atoms with Gasteiger partial charge in [0.15, 0.2) is 5.82 Å². The van der Waals surface area contributed by atoms with Gasteiger partial charge in [0.05, 0.1) is 16.8 Å². The molecule has 0 N–H and O–H groups in total. The maximum Gasteiger partial charge on any atom is 0.182 e. The Bertz CT molecular complexity index is 2650. The standard InChI is InChI=1S/C50H38N4/c1-49(2,3)36-29-26-34(27-30-36)48-51-46(33-16-6-4-7-17-33)47(52-53-48)35-28-31-39-38-20-10-11-21-40(38)50(43(39)32-35)41-22-12-14-24-44(41)54(37-18-8-5-9-19-37)45-25-15-13-23-42(45)50/h4-32H,1-3H3. The molecule has 1 spiro atoms. The van der Waals surface area contributed by atoms with Crippen LogP contribution in [0.4, 0.5) is 17.1 Å². The van der Waals surface area contributed by atoms with Crippen LogP contribution in [-0.2, 0) is 10.8 Å². The average Bonchev–Trinajstić information content (AvgIpc) is 3.51. The highest BCUT2D eigenvalue weighted by Crippen LogP contribution is 2.63. The van der Waals surface area contributed by atoms with Gasteiger partial charge in [0, 0.05) is 22.4 Å². The third-order valence-electron chi connectivity index (χ3n) is 11.2. The first-order valence-corrected chi connectivity index (χ1v) is 18.6. The summed E-state index contributed by atoms with van der Waals surface area (Å²) < 4.78 is 0. The monoisotopic (exact) mass is 694 g/mol. The summed E-state index contributed by atoms with van der Waals surface area (Å²) in [5.41, 5.74) is 16.2. The highest BCUT2D eigenvalue weighted by molar-refractivity contribution is 5.97. The number of hydrogen-bond acceptors (Lipinski definition) is 4. The zero-order valence-corrected chi connectivity index (χ0v) is 30.5. The summed E-state index contributed by atoms with van der Waals surface area (Å²) in [6, 6.07) is 63.2. The molecule has 0 saturated carbocycles. The minimum absolute atomic E-state index is 0.0560. The van der Waals surface area contributed by atoms with E-state index in [1.165, 1.54) is 50.3 Å². The lowest BCUT2D eigenvalue weighted by Crippen LogP contribution is -2.36. The fourth-order valence-corrected chi connectivity index (χ4v) is 8.67. The topological polar surface area (TPSA) is 41.9 Å². The molecule has 1 aromatic heterocycles. The Morgan fingerprint density at radius 1 is 0.444 bits per heavy atom. The number of nitrogens with zero attached hydrogens (tertiary/aromatic N) is 4. The number of anilines is 3. The molecule has 0 saturated heterocycles. The number of fused-ring (bicyclic) bond motifs is 9. The van der Waals surface area contributed by atoms with E-state index in [1.54, 1.807) is 0 Å². The highest BCUT2D eigenvalue weighted by atomic mass is 15.2. The van der Waals surface area contributed by atoms with Crippen molar-refractivity contribution in [1.29, 1.82) is 0 Å². The fraction of sp³-hybridized carbons (Fsp3) is 0.100. The Labute approximate surface area is 316 Å². The Morgan fingerprint density at radius 3 is 1.67 bits per heavy atom. The van der Waals surface area contributed by atoms with Gasteiger partial charge in [-0.05, 0) is 74.7 Å². The number of hydrogen-bond donors (Lipinski definition) is 0. The molecule has 2 aliphatic rings. The first-order chi connectivity index (χ1) is 26.4. The fourth-order valence-electron chi connectivity index (χ4n) is 8.67. The second-order valence-corrected chi connectivity index (χ2v) is 15.3. The molecule has 8 aromatic rings. The van der Waals surface area contributed by atoms with Gasteiger partial charge in [-0.25, -0.2) is 4.98 Å². The van der Waals surface area contributed by atoms with E-state index in [2.05, 4.69) is 196 Å². The molecule has 54 heavy (non-hydrogen) atoms. The summed E-state index contributed by atoms with van der Waals surface area (Å²) in [5.74, 6) is 0.610. The van der Waals surface area contributed by atoms with E-state index in [4.69, 9.17) is 15.2 Å². The van der Waals surface area contributed by atoms with Crippen molar-refractivity contribution in [2.24, 2.45) is 0 Å². The van der Waals surface area contributed by atoms with Crippen molar-refractivity contribution in [1.82, 2.24) is 15.2 Å². The SMILES string of the molecule is CC(C)(C)c1ccc(-c2nnc(-c3ccc4c(c3)C3(c5ccccc5-4)c4ccccc4N(c4ccccc4)c4ccccc43)c(-c3ccccc3)n2)cc1. The van der Waals surface area contributed by atoms with Gasteiger partial charge < -0.3 is 4.90 Å². The van der Waals surface area contributed by atoms with E-state index >= 15 is 0 Å². The number of benzene rings is 7. The van der Waals surface area contributed by atoms with Gasteiger partial charge in [-0.2, -0.15) is 0 Å². The summed E-state index contributed by atoms with van der Waals surface area (Å²) in [6.45, 7) is 6.68. The molecule has 0 unspecified atom stereocenters. The summed E-state index contributed by atoms with van der Waals surface area (Å²) in [6.07, 6.45) is 0. The molecule has 0 radical (unpaired) electrons. The first kappa shape index (κ1) is 32.0. The minimum atomic E-state index is -0.567. The molecule has 0 bridgehead atoms. The Balaban J connectivity index is 1.21. The largest absolute Gasteiger partial charge is 0.310 e. The lowest BCUT2D eigenvalue weighted by atomic mass is 9.64. The molecule has 0 amide bonds. The molecule has 258 valence electrons. The van der Waals surface area contributed by atoms with Crippen molar-refractivity contribution in [3.8, 4) is 45.0 Å². The zero-order valence-electron chi connectivity index (χ0n) is 30.5. The molecule has 7 aromatic carbocycles.